The summed E-state index contributed by atoms with van der Waals surface area (Å²) in [6.07, 6.45) is 9.92. The minimum absolute atomic E-state index is 0.00177. The maximum Gasteiger partial charge on any atom is 0.408 e. The normalized spacial score (nSPS) is 27.2. The molecule has 310 valence electrons. The van der Waals surface area contributed by atoms with Gasteiger partial charge in [-0.1, -0.05) is 67.5 Å². The predicted octanol–water partition coefficient (Wildman–Crippen LogP) is 5.43. The fourth-order valence-corrected chi connectivity index (χ4v) is 10.1. The standard InChI is InChI=1S/C43H48N6O9S/c50-38-33-23-29(56-39-36-35(31-18-11-12-20-34(31)58-36)45-37(46-39)26-13-5-4-6-14-26)25-49(33)40(51)32(44-42(53)57-28-16-9-10-17-28)19-8-3-1-2-7-15-27-24-43(27,47-38)41(52)48-59(54,55)30-21-22-30/h4-7,11-15,18,20,27-30,32-33H,1-3,8-10,16-17,19,21-25H2,(H,44,53)(H,47,50)(H,48,52)/b15-7-/t27-,29+,32-,33+,43-/m1/s1. The zero-order valence-corrected chi connectivity index (χ0v) is 33.5. The van der Waals surface area contributed by atoms with Crippen LogP contribution in [0.15, 0.2) is 71.2 Å². The fraction of sp³-hybridized carbons (Fsp3) is 0.488. The molecule has 0 unspecified atom stereocenters. The summed E-state index contributed by atoms with van der Waals surface area (Å²) < 4.78 is 46.7. The van der Waals surface area contributed by atoms with Crippen molar-refractivity contribution in [3.63, 3.8) is 0 Å². The number of allylic oxidation sites excluding steroid dienone is 1. The Kier molecular flexibility index (Phi) is 10.5. The van der Waals surface area contributed by atoms with Gasteiger partial charge >= 0.3 is 6.09 Å². The van der Waals surface area contributed by atoms with Crippen molar-refractivity contribution in [3.05, 3.63) is 66.7 Å². The van der Waals surface area contributed by atoms with E-state index in [0.29, 0.717) is 54.6 Å². The van der Waals surface area contributed by atoms with Crippen molar-refractivity contribution >= 4 is 55.9 Å². The molecule has 16 heteroatoms. The lowest BCUT2D eigenvalue weighted by Gasteiger charge is -2.30. The highest BCUT2D eigenvalue weighted by molar-refractivity contribution is 7.91. The van der Waals surface area contributed by atoms with Gasteiger partial charge in [0, 0.05) is 23.3 Å². The third-order valence-corrected chi connectivity index (χ3v) is 14.0. The van der Waals surface area contributed by atoms with Gasteiger partial charge in [0.05, 0.1) is 11.8 Å². The van der Waals surface area contributed by atoms with E-state index in [1.165, 1.54) is 4.90 Å². The molecule has 59 heavy (non-hydrogen) atoms. The second-order valence-electron chi connectivity index (χ2n) is 16.5. The van der Waals surface area contributed by atoms with Crippen molar-refractivity contribution in [2.75, 3.05) is 6.54 Å². The molecule has 15 nitrogen and oxygen atoms in total. The molecular weight excluding hydrogens is 777 g/mol. The van der Waals surface area contributed by atoms with Crippen LogP contribution in [-0.2, 0) is 29.1 Å². The smallest absolute Gasteiger partial charge is 0.408 e. The van der Waals surface area contributed by atoms with E-state index in [9.17, 15) is 27.6 Å². The van der Waals surface area contributed by atoms with Gasteiger partial charge in [0.25, 0.3) is 11.8 Å². The van der Waals surface area contributed by atoms with Gasteiger partial charge in [-0.3, -0.25) is 19.1 Å². The topological polar surface area (TPSA) is 199 Å². The van der Waals surface area contributed by atoms with Crippen LogP contribution < -0.4 is 20.1 Å². The number of carbonyl (C=O) groups excluding carboxylic acids is 4. The van der Waals surface area contributed by atoms with Crippen molar-refractivity contribution in [2.45, 2.75) is 119 Å². The number of para-hydroxylation sites is 1. The fourth-order valence-electron chi connectivity index (χ4n) is 8.70. The average Bonchev–Trinajstić information content (AvgIpc) is 4.04. The van der Waals surface area contributed by atoms with Gasteiger partial charge in [0.2, 0.25) is 27.4 Å². The van der Waals surface area contributed by atoms with E-state index in [0.717, 1.165) is 49.5 Å². The largest absolute Gasteiger partial charge is 0.470 e. The van der Waals surface area contributed by atoms with E-state index in [2.05, 4.69) is 15.4 Å². The highest BCUT2D eigenvalue weighted by Gasteiger charge is 2.62. The Labute approximate surface area is 341 Å². The third kappa shape index (κ3) is 8.10. The molecule has 4 amide bonds. The van der Waals surface area contributed by atoms with Crippen molar-refractivity contribution in [1.29, 1.82) is 0 Å². The maximum atomic E-state index is 14.7. The van der Waals surface area contributed by atoms with Crippen molar-refractivity contribution in [3.8, 4) is 17.3 Å². The zero-order valence-electron chi connectivity index (χ0n) is 32.6. The molecule has 3 N–H and O–H groups in total. The van der Waals surface area contributed by atoms with E-state index in [1.807, 2.05) is 66.7 Å². The molecule has 3 saturated carbocycles. The van der Waals surface area contributed by atoms with Gasteiger partial charge < -0.3 is 29.4 Å². The number of ether oxygens (including phenoxy) is 2. The first kappa shape index (κ1) is 39.0. The lowest BCUT2D eigenvalue weighted by Crippen LogP contribution is -2.58. The molecule has 0 spiro atoms. The predicted molar refractivity (Wildman–Crippen MR) is 216 cm³/mol. The molecule has 5 aliphatic rings. The second-order valence-corrected chi connectivity index (χ2v) is 18.5. The third-order valence-electron chi connectivity index (χ3n) is 12.2. The van der Waals surface area contributed by atoms with Gasteiger partial charge in [-0.2, -0.15) is 4.98 Å². The highest BCUT2D eigenvalue weighted by atomic mass is 32.2. The summed E-state index contributed by atoms with van der Waals surface area (Å²) in [6.45, 7) is -0.0578. The van der Waals surface area contributed by atoms with Crippen LogP contribution in [0.5, 0.6) is 5.88 Å². The number of nitrogens with one attached hydrogen (secondary N) is 3. The molecule has 0 bridgehead atoms. The Hall–Kier alpha value is -5.51. The molecule has 5 atom stereocenters. The number of sulfonamides is 1. The van der Waals surface area contributed by atoms with E-state index < -0.39 is 68.7 Å². The summed E-state index contributed by atoms with van der Waals surface area (Å²) in [5.41, 5.74) is 0.652. The number of hydrogen-bond acceptors (Lipinski definition) is 11. The van der Waals surface area contributed by atoms with Gasteiger partial charge in [-0.25, -0.2) is 18.2 Å². The summed E-state index contributed by atoms with van der Waals surface area (Å²) in [5, 5.41) is 5.85. The van der Waals surface area contributed by atoms with Gasteiger partial charge in [0.15, 0.2) is 5.82 Å². The van der Waals surface area contributed by atoms with Crippen molar-refractivity contribution in [2.24, 2.45) is 5.92 Å². The summed E-state index contributed by atoms with van der Waals surface area (Å²) in [4.78, 5) is 67.4. The van der Waals surface area contributed by atoms with Crippen LogP contribution in [0.1, 0.15) is 83.5 Å². The van der Waals surface area contributed by atoms with E-state index >= 15 is 0 Å². The Morgan fingerprint density at radius 1 is 0.898 bits per heavy atom. The van der Waals surface area contributed by atoms with E-state index in [4.69, 9.17) is 23.9 Å². The Bertz CT molecular complexity index is 2410. The van der Waals surface area contributed by atoms with E-state index in [1.54, 1.807) is 0 Å². The van der Waals surface area contributed by atoms with Crippen LogP contribution in [0.25, 0.3) is 33.5 Å². The lowest BCUT2D eigenvalue weighted by molar-refractivity contribution is -0.141. The van der Waals surface area contributed by atoms with Crippen molar-refractivity contribution in [1.82, 2.24) is 30.2 Å². The van der Waals surface area contributed by atoms with E-state index in [-0.39, 0.29) is 31.4 Å². The molecule has 4 aromatic rings. The number of amides is 4. The molecule has 4 fully saturated rings. The molecule has 2 aromatic heterocycles. The number of benzene rings is 2. The van der Waals surface area contributed by atoms with Gasteiger partial charge in [0.1, 0.15) is 40.9 Å². The summed E-state index contributed by atoms with van der Waals surface area (Å²) in [5.74, 6) is -1.83. The average molecular weight is 825 g/mol. The lowest BCUT2D eigenvalue weighted by atomic mass is 10.0. The first-order valence-electron chi connectivity index (χ1n) is 20.8. The Morgan fingerprint density at radius 3 is 2.46 bits per heavy atom. The number of nitrogens with zero attached hydrogens (tertiary/aromatic N) is 3. The number of rotatable bonds is 8. The first-order valence-corrected chi connectivity index (χ1v) is 22.4. The molecule has 4 heterocycles. The minimum Gasteiger partial charge on any atom is -0.470 e. The minimum atomic E-state index is -3.91. The maximum absolute atomic E-state index is 14.7. The highest BCUT2D eigenvalue weighted by Crippen LogP contribution is 2.46. The monoisotopic (exact) mass is 824 g/mol. The van der Waals surface area contributed by atoms with Crippen LogP contribution in [0.4, 0.5) is 4.79 Å². The second kappa shape index (κ2) is 15.9. The van der Waals surface area contributed by atoms with Crippen molar-refractivity contribution < 1.29 is 41.5 Å². The number of furan rings is 1. The first-order chi connectivity index (χ1) is 28.6. The molecule has 9 rings (SSSR count). The SMILES string of the molecule is O=C(N[C@@H]1CCCCC/C=C\[C@@H]2C[C@@]2(C(=O)NS(=O)(=O)C2CC2)NC(=O)[C@@H]2C[C@H](Oc3nc(-c4ccccc4)nc4c3oc3ccccc34)CN2C1=O)OC1CCCC1. The number of carbonyl (C=O) groups is 4. The summed E-state index contributed by atoms with van der Waals surface area (Å²) in [6, 6.07) is 14.7. The Morgan fingerprint density at radius 2 is 1.66 bits per heavy atom. The molecule has 1 saturated heterocycles. The summed E-state index contributed by atoms with van der Waals surface area (Å²) >= 11 is 0. The number of hydrogen-bond donors (Lipinski definition) is 3. The van der Waals surface area contributed by atoms with Gasteiger partial charge in [-0.05, 0) is 76.3 Å². The molecule has 3 aliphatic carbocycles. The van der Waals surface area contributed by atoms with Crippen LogP contribution in [0, 0.1) is 5.92 Å². The quantitative estimate of drug-likeness (QED) is 0.192. The molecule has 2 aliphatic heterocycles. The molecule has 0 radical (unpaired) electrons. The number of fused-ring (bicyclic) bond motifs is 5. The van der Waals surface area contributed by atoms with Crippen LogP contribution in [-0.4, -0.2) is 88.7 Å². The molecular formula is C43H48N6O9S. The number of alkyl carbamates (subject to hydrolysis) is 1. The zero-order chi connectivity index (χ0) is 40.7. The van der Waals surface area contributed by atoms with Crippen LogP contribution >= 0.6 is 0 Å². The number of aromatic nitrogens is 2. The Balaban J connectivity index is 1.05. The summed E-state index contributed by atoms with van der Waals surface area (Å²) in [7, 11) is -3.91. The van der Waals surface area contributed by atoms with Crippen LogP contribution in [0.2, 0.25) is 0 Å². The molecule has 2 aromatic carbocycles. The van der Waals surface area contributed by atoms with Gasteiger partial charge in [-0.15, -0.1) is 0 Å². The van der Waals surface area contributed by atoms with Crippen LogP contribution in [0.3, 0.4) is 0 Å².